The third kappa shape index (κ3) is 47.8. The molecule has 2 saturated heterocycles. The van der Waals surface area contributed by atoms with Gasteiger partial charge in [0, 0.05) is 108 Å². The van der Waals surface area contributed by atoms with Crippen LogP contribution in [0.15, 0.2) is 256 Å². The number of amides is 2. The van der Waals surface area contributed by atoms with Crippen LogP contribution >= 0.6 is 0 Å². The predicted molar refractivity (Wildman–Crippen MR) is 544 cm³/mol. The fourth-order valence-corrected chi connectivity index (χ4v) is 11.5. The Morgan fingerprint density at radius 2 is 0.683 bits per heavy atom. The summed E-state index contributed by atoms with van der Waals surface area (Å²) in [5.41, 5.74) is 24.8. The molecule has 660 valence electrons. The van der Waals surface area contributed by atoms with E-state index in [1.807, 2.05) is 79.8 Å². The highest BCUT2D eigenvalue weighted by Crippen LogP contribution is 2.28. The molecule has 3 aliphatic rings. The fraction of sp³-hybridized carbons (Fsp3) is 0.375. The number of hydrogen-bond donors (Lipinski definition) is 3. The zero-order valence-corrected chi connectivity index (χ0v) is 79.1. The number of nitrogens with two attached hydrogens (primary N) is 1. The summed E-state index contributed by atoms with van der Waals surface area (Å²) in [4.78, 5) is 30.6. The molecular formula is C112H153N7O4. The summed E-state index contributed by atoms with van der Waals surface area (Å²) in [6.07, 6.45) is 41.7. The first-order valence-electron chi connectivity index (χ1n) is 44.7. The van der Waals surface area contributed by atoms with Gasteiger partial charge in [-0.1, -0.05) is 342 Å². The van der Waals surface area contributed by atoms with E-state index in [9.17, 15) is 9.59 Å². The Balaban J connectivity index is 0.000000295. The smallest absolute Gasteiger partial charge is 0.223 e. The fourth-order valence-electron chi connectivity index (χ4n) is 11.5. The topological polar surface area (TPSA) is 116 Å². The van der Waals surface area contributed by atoms with Crippen molar-refractivity contribution in [2.45, 2.75) is 163 Å². The van der Waals surface area contributed by atoms with Crippen LogP contribution in [0.2, 0.25) is 0 Å². The molecule has 1 saturated carbocycles. The standard InChI is InChI=1S/C16H23N.C15H21NO.C14H19NO.C14H19N.C14H18O.C13H17NO.C13H19N.C13H17N/c1-14(2)6-7-15-8-10-16(11-9-15)17-12-4-3-5-13-17;1-13(2)3-4-14-5-7-15(8-6-14)16-9-11-17-12-10-16;1-11(2)5-6-13-7-9-14(10-8-13)15(4)12(3)16;1-11(2)5-6-13-7-9-14(10-8-13)12(3)15-4;1-11(2)3-4-12-5-7-13(8-6-12)15-14-9-10-14;1-10(2)4-5-12-6-8-13(9-7-12)14-11(3)15;1-11(2)5-6-12-7-9-13(10-8-12)14(3)4;1-10(2)4-5-12-6-8-13(9-7-12)11(3)14/h6-11,14H,3-5,12-13H2,1-2H3;3-8,13H,9-12H2,1-2H3;5-11H,1-4H3;5-11,15H,3H2,1-2,4H3;3-8,11,14H,9-10H2,1-2H3;4-10H,1-3H3,(H,14,15);5-11H,1-4H3;4-10H,3,14H2,1-2H3/b7-6+;4-3+;2*6-5+;4-3+;5-4+;6-5+;5-4+. The summed E-state index contributed by atoms with van der Waals surface area (Å²) in [5.74, 6) is 5.74. The summed E-state index contributed by atoms with van der Waals surface area (Å²) in [7, 11) is 7.77. The van der Waals surface area contributed by atoms with Crippen molar-refractivity contribution < 1.29 is 19.1 Å². The lowest BCUT2D eigenvalue weighted by atomic mass is 10.1. The molecule has 11 rings (SSSR count). The van der Waals surface area contributed by atoms with Gasteiger partial charge in [0.15, 0.2) is 0 Å². The number of piperidine rings is 1. The maximum Gasteiger partial charge on any atom is 0.223 e. The molecule has 11 heteroatoms. The maximum absolute atomic E-state index is 11.2. The van der Waals surface area contributed by atoms with Gasteiger partial charge in [-0.2, -0.15) is 0 Å². The van der Waals surface area contributed by atoms with Crippen molar-refractivity contribution in [3.8, 4) is 5.75 Å². The van der Waals surface area contributed by atoms with Crippen molar-refractivity contribution in [2.75, 3.05) is 92.5 Å². The normalized spacial score (nSPS) is 13.3. The Bertz CT molecular complexity index is 4420. The van der Waals surface area contributed by atoms with E-state index in [1.165, 1.54) is 103 Å². The Morgan fingerprint density at radius 3 is 0.967 bits per heavy atom. The molecule has 3 fully saturated rings. The summed E-state index contributed by atoms with van der Waals surface area (Å²) >= 11 is 0. The van der Waals surface area contributed by atoms with Crippen molar-refractivity contribution in [3.05, 3.63) is 312 Å². The van der Waals surface area contributed by atoms with E-state index in [2.05, 4.69) is 382 Å². The minimum atomic E-state index is -0.0412. The minimum Gasteiger partial charge on any atom is -0.490 e. The van der Waals surface area contributed by atoms with Crippen molar-refractivity contribution >= 4 is 100 Å². The average molecular weight is 1660 g/mol. The lowest BCUT2D eigenvalue weighted by molar-refractivity contribution is -0.116. The molecule has 11 nitrogen and oxygen atoms in total. The van der Waals surface area contributed by atoms with Gasteiger partial charge in [0.25, 0.3) is 0 Å². The van der Waals surface area contributed by atoms with Gasteiger partial charge in [-0.05, 0) is 208 Å². The van der Waals surface area contributed by atoms with Crippen molar-refractivity contribution in [2.24, 2.45) is 53.1 Å². The van der Waals surface area contributed by atoms with Gasteiger partial charge in [-0.15, -0.1) is 0 Å². The highest BCUT2D eigenvalue weighted by atomic mass is 16.5. The molecule has 4 N–H and O–H groups in total. The lowest BCUT2D eigenvalue weighted by Gasteiger charge is -2.28. The molecular weight excluding hydrogens is 1510 g/mol. The number of anilines is 5. The van der Waals surface area contributed by atoms with Gasteiger partial charge >= 0.3 is 0 Å². The van der Waals surface area contributed by atoms with E-state index in [0.29, 0.717) is 59.1 Å². The second kappa shape index (κ2) is 58.8. The number of benzene rings is 8. The molecule has 0 unspecified atom stereocenters. The Labute approximate surface area is 745 Å². The minimum absolute atomic E-state index is 0.0412. The van der Waals surface area contributed by atoms with E-state index >= 15 is 0 Å². The second-order valence-corrected chi connectivity index (χ2v) is 34.5. The van der Waals surface area contributed by atoms with E-state index in [4.69, 9.17) is 15.2 Å². The van der Waals surface area contributed by atoms with Crippen LogP contribution in [0.3, 0.4) is 0 Å². The summed E-state index contributed by atoms with van der Waals surface area (Å²) in [6.45, 7) is 51.6. The van der Waals surface area contributed by atoms with Crippen LogP contribution in [-0.2, 0) is 14.3 Å². The molecule has 2 heterocycles. The molecule has 2 aliphatic heterocycles. The van der Waals surface area contributed by atoms with Gasteiger partial charge in [0.1, 0.15) is 5.75 Å². The van der Waals surface area contributed by atoms with Crippen molar-refractivity contribution in [3.63, 3.8) is 0 Å². The van der Waals surface area contributed by atoms with Crippen LogP contribution in [0.25, 0.3) is 60.0 Å². The van der Waals surface area contributed by atoms with Gasteiger partial charge in [0.2, 0.25) is 11.8 Å². The molecule has 2 amide bonds. The molecule has 123 heavy (non-hydrogen) atoms. The molecule has 8 aromatic carbocycles. The number of allylic oxidation sites excluding steroid dienone is 8. The highest BCUT2D eigenvalue weighted by Gasteiger charge is 2.23. The number of nitrogens with zero attached hydrogens (tertiary/aromatic N) is 4. The number of carbonyl (C=O) groups excluding carboxylic acids is 2. The number of hydrogen-bond acceptors (Lipinski definition) is 9. The Kier molecular flexibility index (Phi) is 49.8. The van der Waals surface area contributed by atoms with Crippen LogP contribution in [0, 0.1) is 47.3 Å². The summed E-state index contributed by atoms with van der Waals surface area (Å²) in [6, 6.07) is 66.8. The van der Waals surface area contributed by atoms with Gasteiger partial charge in [-0.25, -0.2) is 0 Å². The van der Waals surface area contributed by atoms with Crippen LogP contribution in [0.1, 0.15) is 212 Å². The summed E-state index contributed by atoms with van der Waals surface area (Å²) < 4.78 is 11.0. The maximum atomic E-state index is 11.2. The molecule has 0 atom stereocenters. The first-order valence-corrected chi connectivity index (χ1v) is 44.7. The second-order valence-electron chi connectivity index (χ2n) is 34.5. The number of morpholine rings is 1. The van der Waals surface area contributed by atoms with Gasteiger partial charge in [0.05, 0.1) is 19.3 Å². The zero-order chi connectivity index (χ0) is 90.6. The SMILES string of the molecule is C=C(N)c1ccc(/C=C/C(C)C)cc1.C=C(NC)c1ccc(/C=C/C(C)C)cc1.CC(=O)N(C)c1ccc(/C=C/C(C)C)cc1.CC(=O)Nc1ccc(/C=C/C(C)C)cc1.CC(C)/C=C/c1ccc(N(C)C)cc1.CC(C)/C=C/c1ccc(N2CCCCC2)cc1.CC(C)/C=C/c1ccc(N2CCOCC2)cc1.CC(C)/C=C/c1ccc(OC2CC2)cc1. The molecule has 8 aromatic rings. The summed E-state index contributed by atoms with van der Waals surface area (Å²) in [5, 5.41) is 5.77. The van der Waals surface area contributed by atoms with Gasteiger partial charge < -0.3 is 45.4 Å². The van der Waals surface area contributed by atoms with E-state index in [-0.39, 0.29) is 11.8 Å². The third-order valence-corrected chi connectivity index (χ3v) is 19.2. The number of carbonyl (C=O) groups is 2. The largest absolute Gasteiger partial charge is 0.490 e. The average Bonchev–Trinajstić information content (AvgIpc) is 1.84. The Hall–Kier alpha value is -11.1. The van der Waals surface area contributed by atoms with Crippen LogP contribution in [0.4, 0.5) is 28.4 Å². The van der Waals surface area contributed by atoms with Crippen molar-refractivity contribution in [1.82, 2.24) is 5.32 Å². The number of nitrogens with one attached hydrogen (secondary N) is 2. The first-order chi connectivity index (χ1) is 58.6. The van der Waals surface area contributed by atoms with Crippen LogP contribution < -0.4 is 40.7 Å². The third-order valence-electron chi connectivity index (χ3n) is 19.2. The molecule has 1 aliphatic carbocycles. The Morgan fingerprint density at radius 1 is 0.398 bits per heavy atom. The lowest BCUT2D eigenvalue weighted by Crippen LogP contribution is -2.36. The first kappa shape index (κ1) is 104. The predicted octanol–water partition coefficient (Wildman–Crippen LogP) is 28.3. The molecule has 0 aromatic heterocycles. The van der Waals surface area contributed by atoms with E-state index < -0.39 is 0 Å². The molecule has 0 spiro atoms. The zero-order valence-electron chi connectivity index (χ0n) is 79.1. The van der Waals surface area contributed by atoms with E-state index in [1.54, 1.807) is 18.9 Å². The van der Waals surface area contributed by atoms with Crippen LogP contribution in [0.5, 0.6) is 5.75 Å². The highest BCUT2D eigenvalue weighted by molar-refractivity contribution is 5.91. The number of rotatable bonds is 26. The van der Waals surface area contributed by atoms with Crippen molar-refractivity contribution in [1.29, 1.82) is 0 Å². The monoisotopic (exact) mass is 1660 g/mol. The quantitative estimate of drug-likeness (QED) is 0.0487. The molecule has 0 radical (unpaired) electrons. The van der Waals surface area contributed by atoms with Crippen LogP contribution in [-0.4, -0.2) is 85.5 Å². The molecule has 0 bridgehead atoms. The number of ether oxygens (including phenoxy) is 2. The van der Waals surface area contributed by atoms with Gasteiger partial charge in [-0.3, -0.25) is 9.59 Å². The van der Waals surface area contributed by atoms with E-state index in [0.717, 1.165) is 71.4 Å².